The van der Waals surface area contributed by atoms with Gasteiger partial charge in [-0.25, -0.2) is 0 Å². The molecule has 0 bridgehead atoms. The highest BCUT2D eigenvalue weighted by Crippen LogP contribution is 2.14. The summed E-state index contributed by atoms with van der Waals surface area (Å²) in [6, 6.07) is 0. The Kier molecular flexibility index (Phi) is 17.3. The number of hydrogen-bond acceptors (Lipinski definition) is 1. The lowest BCUT2D eigenvalue weighted by molar-refractivity contribution is -0.111. The van der Waals surface area contributed by atoms with Gasteiger partial charge >= 0.3 is 0 Å². The second kappa shape index (κ2) is 17.3. The molecule has 22 heavy (non-hydrogen) atoms. The number of rotatable bonds is 17. The van der Waals surface area contributed by atoms with E-state index in [2.05, 4.69) is 13.8 Å². The number of halogens is 1. The van der Waals surface area contributed by atoms with Crippen LogP contribution in [-0.4, -0.2) is 5.24 Å². The summed E-state index contributed by atoms with van der Waals surface area (Å²) in [7, 11) is 0. The van der Waals surface area contributed by atoms with Crippen molar-refractivity contribution in [2.45, 2.75) is 117 Å². The zero-order valence-electron chi connectivity index (χ0n) is 15.2. The molecule has 0 aliphatic heterocycles. The third-order valence-electron chi connectivity index (χ3n) is 4.40. The lowest BCUT2D eigenvalue weighted by Crippen LogP contribution is -1.87. The first-order valence-corrected chi connectivity index (χ1v) is 10.2. The third-order valence-corrected chi connectivity index (χ3v) is 4.59. The summed E-state index contributed by atoms with van der Waals surface area (Å²) in [6.45, 7) is 4.64. The minimum absolute atomic E-state index is 0.181. The fraction of sp³-hybridized carbons (Fsp3) is 0.950. The molecule has 1 nitrogen and oxygen atoms in total. The van der Waals surface area contributed by atoms with Crippen LogP contribution in [0.1, 0.15) is 117 Å². The van der Waals surface area contributed by atoms with Gasteiger partial charge in [-0.1, -0.05) is 104 Å². The van der Waals surface area contributed by atoms with Crippen molar-refractivity contribution >= 4 is 16.8 Å². The Morgan fingerprint density at radius 1 is 0.636 bits per heavy atom. The van der Waals surface area contributed by atoms with E-state index < -0.39 is 0 Å². The molecule has 0 N–H and O–H groups in total. The molecule has 0 aliphatic rings. The molecule has 0 amide bonds. The van der Waals surface area contributed by atoms with Crippen molar-refractivity contribution in [3.63, 3.8) is 0 Å². The van der Waals surface area contributed by atoms with E-state index in [0.29, 0.717) is 6.42 Å². The number of carbonyl (C=O) groups is 1. The van der Waals surface area contributed by atoms with Gasteiger partial charge in [0.2, 0.25) is 5.24 Å². The number of hydrogen-bond donors (Lipinski definition) is 0. The summed E-state index contributed by atoms with van der Waals surface area (Å²) >= 11 is 5.31. The maximum atomic E-state index is 10.6. The van der Waals surface area contributed by atoms with Gasteiger partial charge in [-0.2, -0.15) is 0 Å². The molecule has 0 aliphatic carbocycles. The quantitative estimate of drug-likeness (QED) is 0.198. The van der Waals surface area contributed by atoms with Crippen molar-refractivity contribution in [1.29, 1.82) is 0 Å². The van der Waals surface area contributed by atoms with Crippen LogP contribution >= 0.6 is 11.6 Å². The monoisotopic (exact) mass is 330 g/mol. The summed E-state index contributed by atoms with van der Waals surface area (Å²) in [5, 5.41) is -0.181. The molecule has 0 fully saturated rings. The molecular formula is C20H39ClO. The largest absolute Gasteiger partial charge is 0.281 e. The fourth-order valence-corrected chi connectivity index (χ4v) is 3.07. The zero-order chi connectivity index (χ0) is 16.5. The summed E-state index contributed by atoms with van der Waals surface area (Å²) < 4.78 is 0. The van der Waals surface area contributed by atoms with Gasteiger partial charge in [-0.05, 0) is 23.9 Å². The SMILES string of the molecule is CC(C)CCCCCCCCCCCCCCCCC(=O)Cl. The Morgan fingerprint density at radius 2 is 0.955 bits per heavy atom. The highest BCUT2D eigenvalue weighted by atomic mass is 35.5. The Hall–Kier alpha value is -0.0400. The zero-order valence-corrected chi connectivity index (χ0v) is 15.9. The van der Waals surface area contributed by atoms with Crippen molar-refractivity contribution in [3.8, 4) is 0 Å². The molecule has 0 saturated heterocycles. The normalized spacial score (nSPS) is 11.3. The highest BCUT2D eigenvalue weighted by molar-refractivity contribution is 6.63. The summed E-state index contributed by atoms with van der Waals surface area (Å²) in [6.07, 6.45) is 20.9. The molecular weight excluding hydrogens is 292 g/mol. The van der Waals surface area contributed by atoms with E-state index >= 15 is 0 Å². The van der Waals surface area contributed by atoms with Crippen LogP contribution in [0.2, 0.25) is 0 Å². The lowest BCUT2D eigenvalue weighted by atomic mass is 10.0. The van der Waals surface area contributed by atoms with Crippen molar-refractivity contribution in [1.82, 2.24) is 0 Å². The van der Waals surface area contributed by atoms with E-state index in [9.17, 15) is 4.79 Å². The van der Waals surface area contributed by atoms with E-state index in [-0.39, 0.29) is 5.24 Å². The molecule has 132 valence electrons. The Balaban J connectivity index is 2.98. The molecule has 2 heteroatoms. The van der Waals surface area contributed by atoms with Crippen LogP contribution in [0.5, 0.6) is 0 Å². The maximum absolute atomic E-state index is 10.6. The van der Waals surface area contributed by atoms with E-state index in [1.807, 2.05) is 0 Å². The predicted molar refractivity (Wildman–Crippen MR) is 99.6 cm³/mol. The van der Waals surface area contributed by atoms with Crippen molar-refractivity contribution in [2.24, 2.45) is 5.92 Å². The maximum Gasteiger partial charge on any atom is 0.221 e. The molecule has 0 rings (SSSR count). The lowest BCUT2D eigenvalue weighted by Gasteiger charge is -2.05. The summed E-state index contributed by atoms with van der Waals surface area (Å²) in [5.41, 5.74) is 0. The minimum Gasteiger partial charge on any atom is -0.281 e. The van der Waals surface area contributed by atoms with Crippen LogP contribution in [0.15, 0.2) is 0 Å². The third kappa shape index (κ3) is 20.0. The Labute approximate surface area is 144 Å². The van der Waals surface area contributed by atoms with Crippen LogP contribution in [0.25, 0.3) is 0 Å². The van der Waals surface area contributed by atoms with Gasteiger partial charge in [-0.15, -0.1) is 0 Å². The van der Waals surface area contributed by atoms with Crippen LogP contribution in [-0.2, 0) is 4.79 Å². The average molecular weight is 331 g/mol. The molecule has 0 unspecified atom stereocenters. The van der Waals surface area contributed by atoms with E-state index in [1.165, 1.54) is 83.5 Å². The molecule has 0 aromatic heterocycles. The molecule has 0 radical (unpaired) electrons. The smallest absolute Gasteiger partial charge is 0.221 e. The Bertz CT molecular complexity index is 238. The fourth-order valence-electron chi connectivity index (χ4n) is 2.94. The Morgan fingerprint density at radius 3 is 1.27 bits per heavy atom. The summed E-state index contributed by atoms with van der Waals surface area (Å²) in [4.78, 5) is 10.6. The van der Waals surface area contributed by atoms with Gasteiger partial charge in [0.05, 0.1) is 0 Å². The first kappa shape index (κ1) is 22.0. The van der Waals surface area contributed by atoms with Crippen LogP contribution in [0.3, 0.4) is 0 Å². The van der Waals surface area contributed by atoms with E-state index in [1.54, 1.807) is 0 Å². The van der Waals surface area contributed by atoms with E-state index in [0.717, 1.165) is 18.8 Å². The molecule has 0 atom stereocenters. The highest BCUT2D eigenvalue weighted by Gasteiger charge is 1.97. The van der Waals surface area contributed by atoms with E-state index in [4.69, 9.17) is 11.6 Å². The first-order valence-electron chi connectivity index (χ1n) is 9.81. The average Bonchev–Trinajstić information content (AvgIpc) is 2.46. The predicted octanol–water partition coefficient (Wildman–Crippen LogP) is 7.65. The van der Waals surface area contributed by atoms with Gasteiger partial charge in [0.15, 0.2) is 0 Å². The number of unbranched alkanes of at least 4 members (excludes halogenated alkanes) is 13. The van der Waals surface area contributed by atoms with Gasteiger partial charge in [-0.3, -0.25) is 4.79 Å². The standard InChI is InChI=1S/C20H39ClO/c1-19(2)17-15-13-11-9-7-5-3-4-6-8-10-12-14-16-18-20(21)22/h19H,3-18H2,1-2H3. The molecule has 0 saturated carbocycles. The second-order valence-electron chi connectivity index (χ2n) is 7.24. The van der Waals surface area contributed by atoms with Crippen molar-refractivity contribution in [3.05, 3.63) is 0 Å². The van der Waals surface area contributed by atoms with Gasteiger partial charge < -0.3 is 0 Å². The van der Waals surface area contributed by atoms with Gasteiger partial charge in [0.1, 0.15) is 0 Å². The molecule has 0 aromatic rings. The molecule has 0 heterocycles. The van der Waals surface area contributed by atoms with Crippen LogP contribution < -0.4 is 0 Å². The van der Waals surface area contributed by atoms with Crippen molar-refractivity contribution in [2.75, 3.05) is 0 Å². The molecule has 0 aromatic carbocycles. The second-order valence-corrected chi connectivity index (χ2v) is 7.66. The van der Waals surface area contributed by atoms with Crippen LogP contribution in [0, 0.1) is 5.92 Å². The molecule has 0 spiro atoms. The minimum atomic E-state index is -0.181. The van der Waals surface area contributed by atoms with Gasteiger partial charge in [0.25, 0.3) is 0 Å². The van der Waals surface area contributed by atoms with Gasteiger partial charge in [0, 0.05) is 6.42 Å². The van der Waals surface area contributed by atoms with Crippen molar-refractivity contribution < 1.29 is 4.79 Å². The number of carbonyl (C=O) groups excluding carboxylic acids is 1. The summed E-state index contributed by atoms with van der Waals surface area (Å²) in [5.74, 6) is 0.878. The van der Waals surface area contributed by atoms with Crippen LogP contribution in [0.4, 0.5) is 0 Å². The topological polar surface area (TPSA) is 17.1 Å². The first-order chi connectivity index (χ1) is 10.6.